The van der Waals surface area contributed by atoms with Gasteiger partial charge < -0.3 is 5.32 Å². The van der Waals surface area contributed by atoms with Gasteiger partial charge in [0.1, 0.15) is 0 Å². The molecular weight excluding hydrogens is 242 g/mol. The van der Waals surface area contributed by atoms with Crippen LogP contribution in [0.1, 0.15) is 23.1 Å². The van der Waals surface area contributed by atoms with Crippen LogP contribution in [-0.2, 0) is 11.2 Å². The maximum atomic E-state index is 11.2. The zero-order chi connectivity index (χ0) is 10.3. The van der Waals surface area contributed by atoms with E-state index in [1.807, 2.05) is 6.92 Å². The molecule has 1 aliphatic heterocycles. The highest BCUT2D eigenvalue weighted by Crippen LogP contribution is 2.34. The molecule has 1 N–H and O–H groups in total. The van der Waals surface area contributed by atoms with Crippen molar-refractivity contribution in [2.24, 2.45) is 0 Å². The molecule has 1 aromatic rings. The summed E-state index contributed by atoms with van der Waals surface area (Å²) in [5.74, 6) is 0.122. The van der Waals surface area contributed by atoms with Crippen molar-refractivity contribution >= 4 is 27.5 Å². The molecule has 0 aliphatic carbocycles. The van der Waals surface area contributed by atoms with Gasteiger partial charge in [0.15, 0.2) is 0 Å². The summed E-state index contributed by atoms with van der Waals surface area (Å²) in [4.78, 5) is 11.2. The quantitative estimate of drug-likeness (QED) is 0.757. The number of hydrogen-bond donors (Lipinski definition) is 1. The highest BCUT2D eigenvalue weighted by Gasteiger charge is 2.19. The SMILES string of the molecule is Cc1cc(C)c2c(c1Br)CCC(=O)N2. The van der Waals surface area contributed by atoms with E-state index >= 15 is 0 Å². The zero-order valence-corrected chi connectivity index (χ0v) is 9.86. The van der Waals surface area contributed by atoms with Gasteiger partial charge in [0.25, 0.3) is 0 Å². The number of anilines is 1. The van der Waals surface area contributed by atoms with Gasteiger partial charge in [-0.15, -0.1) is 0 Å². The monoisotopic (exact) mass is 253 g/mol. The predicted molar refractivity (Wildman–Crippen MR) is 60.6 cm³/mol. The van der Waals surface area contributed by atoms with Crippen molar-refractivity contribution in [2.75, 3.05) is 5.32 Å². The Morgan fingerprint density at radius 1 is 1.29 bits per heavy atom. The Labute approximate surface area is 91.8 Å². The minimum absolute atomic E-state index is 0.122. The highest BCUT2D eigenvalue weighted by molar-refractivity contribution is 9.10. The lowest BCUT2D eigenvalue weighted by atomic mass is 9.97. The van der Waals surface area contributed by atoms with Crippen LogP contribution in [0.2, 0.25) is 0 Å². The molecule has 0 bridgehead atoms. The Hall–Kier alpha value is -0.830. The molecule has 3 heteroatoms. The molecule has 0 saturated carbocycles. The van der Waals surface area contributed by atoms with Crippen molar-refractivity contribution in [3.05, 3.63) is 27.2 Å². The summed E-state index contributed by atoms with van der Waals surface area (Å²) in [6.07, 6.45) is 1.43. The van der Waals surface area contributed by atoms with Crippen LogP contribution >= 0.6 is 15.9 Å². The molecule has 14 heavy (non-hydrogen) atoms. The Balaban J connectivity index is 2.62. The van der Waals surface area contributed by atoms with Crippen LogP contribution in [0.4, 0.5) is 5.69 Å². The second-order valence-electron chi connectivity index (χ2n) is 3.73. The molecule has 1 aromatic carbocycles. The number of aryl methyl sites for hydroxylation is 2. The summed E-state index contributed by atoms with van der Waals surface area (Å²) >= 11 is 3.57. The molecule has 0 fully saturated rings. The first-order chi connectivity index (χ1) is 6.59. The summed E-state index contributed by atoms with van der Waals surface area (Å²) in [6, 6.07) is 2.09. The van der Waals surface area contributed by atoms with E-state index in [4.69, 9.17) is 0 Å². The number of hydrogen-bond acceptors (Lipinski definition) is 1. The first kappa shape index (κ1) is 9.71. The van der Waals surface area contributed by atoms with E-state index in [2.05, 4.69) is 34.2 Å². The van der Waals surface area contributed by atoms with Crippen molar-refractivity contribution in [3.8, 4) is 0 Å². The number of halogens is 1. The average Bonchev–Trinajstić information content (AvgIpc) is 2.14. The van der Waals surface area contributed by atoms with Crippen molar-refractivity contribution in [1.29, 1.82) is 0 Å². The molecular formula is C11H12BrNO. The van der Waals surface area contributed by atoms with Crippen LogP contribution in [0.5, 0.6) is 0 Å². The van der Waals surface area contributed by atoms with Gasteiger partial charge in [-0.25, -0.2) is 0 Å². The third-order valence-corrected chi connectivity index (χ3v) is 3.71. The normalized spacial score (nSPS) is 14.9. The second-order valence-corrected chi connectivity index (χ2v) is 4.52. The van der Waals surface area contributed by atoms with E-state index in [1.165, 1.54) is 11.1 Å². The maximum absolute atomic E-state index is 11.2. The molecule has 0 atom stereocenters. The molecule has 1 aliphatic rings. The molecule has 0 saturated heterocycles. The maximum Gasteiger partial charge on any atom is 0.224 e. The van der Waals surface area contributed by atoms with Gasteiger partial charge >= 0.3 is 0 Å². The summed E-state index contributed by atoms with van der Waals surface area (Å²) in [7, 11) is 0. The summed E-state index contributed by atoms with van der Waals surface area (Å²) in [5, 5.41) is 2.93. The Morgan fingerprint density at radius 2 is 2.00 bits per heavy atom. The third-order valence-electron chi connectivity index (χ3n) is 2.61. The lowest BCUT2D eigenvalue weighted by molar-refractivity contribution is -0.116. The number of amides is 1. The smallest absolute Gasteiger partial charge is 0.224 e. The van der Waals surface area contributed by atoms with Crippen molar-refractivity contribution in [2.45, 2.75) is 26.7 Å². The Kier molecular flexibility index (Phi) is 2.35. The topological polar surface area (TPSA) is 29.1 Å². The number of carbonyl (C=O) groups excluding carboxylic acids is 1. The van der Waals surface area contributed by atoms with Gasteiger partial charge in [-0.1, -0.05) is 22.0 Å². The van der Waals surface area contributed by atoms with Crippen LogP contribution in [0.15, 0.2) is 10.5 Å². The van der Waals surface area contributed by atoms with Crippen LogP contribution in [-0.4, -0.2) is 5.91 Å². The average molecular weight is 254 g/mol. The van der Waals surface area contributed by atoms with Crippen LogP contribution in [0.25, 0.3) is 0 Å². The van der Waals surface area contributed by atoms with Crippen molar-refractivity contribution in [3.63, 3.8) is 0 Å². The minimum atomic E-state index is 0.122. The predicted octanol–water partition coefficient (Wildman–Crippen LogP) is 2.95. The number of carbonyl (C=O) groups is 1. The van der Waals surface area contributed by atoms with E-state index in [1.54, 1.807) is 0 Å². The molecule has 0 aromatic heterocycles. The van der Waals surface area contributed by atoms with Gasteiger partial charge in [-0.3, -0.25) is 4.79 Å². The van der Waals surface area contributed by atoms with E-state index in [9.17, 15) is 4.79 Å². The fourth-order valence-electron chi connectivity index (χ4n) is 1.90. The van der Waals surface area contributed by atoms with Crippen LogP contribution < -0.4 is 5.32 Å². The second kappa shape index (κ2) is 3.39. The van der Waals surface area contributed by atoms with Gasteiger partial charge in [-0.05, 0) is 37.0 Å². The van der Waals surface area contributed by atoms with E-state index in [-0.39, 0.29) is 5.91 Å². The zero-order valence-electron chi connectivity index (χ0n) is 8.28. The fourth-order valence-corrected chi connectivity index (χ4v) is 2.41. The fraction of sp³-hybridized carbons (Fsp3) is 0.364. The molecule has 0 unspecified atom stereocenters. The van der Waals surface area contributed by atoms with Gasteiger partial charge in [-0.2, -0.15) is 0 Å². The first-order valence-electron chi connectivity index (χ1n) is 4.68. The molecule has 2 rings (SSSR count). The third kappa shape index (κ3) is 1.46. The number of nitrogens with one attached hydrogen (secondary N) is 1. The molecule has 0 spiro atoms. The molecule has 0 radical (unpaired) electrons. The minimum Gasteiger partial charge on any atom is -0.326 e. The molecule has 74 valence electrons. The highest BCUT2D eigenvalue weighted by atomic mass is 79.9. The van der Waals surface area contributed by atoms with Crippen molar-refractivity contribution in [1.82, 2.24) is 0 Å². The summed E-state index contributed by atoms with van der Waals surface area (Å²) < 4.78 is 1.14. The van der Waals surface area contributed by atoms with Crippen LogP contribution in [0.3, 0.4) is 0 Å². The van der Waals surface area contributed by atoms with Crippen molar-refractivity contribution < 1.29 is 4.79 Å². The lowest BCUT2D eigenvalue weighted by Gasteiger charge is -2.21. The summed E-state index contributed by atoms with van der Waals surface area (Å²) in [5.41, 5.74) is 4.62. The van der Waals surface area contributed by atoms with Gasteiger partial charge in [0.05, 0.1) is 0 Å². The lowest BCUT2D eigenvalue weighted by Crippen LogP contribution is -2.20. The first-order valence-corrected chi connectivity index (χ1v) is 5.47. The van der Waals surface area contributed by atoms with Gasteiger partial charge in [0.2, 0.25) is 5.91 Å². The Morgan fingerprint density at radius 3 is 2.71 bits per heavy atom. The van der Waals surface area contributed by atoms with Gasteiger partial charge in [0, 0.05) is 16.6 Å². The molecule has 1 heterocycles. The summed E-state index contributed by atoms with van der Waals surface area (Å²) in [6.45, 7) is 4.11. The largest absolute Gasteiger partial charge is 0.326 e. The van der Waals surface area contributed by atoms with E-state index in [0.717, 1.165) is 22.1 Å². The number of fused-ring (bicyclic) bond motifs is 1. The molecule has 1 amide bonds. The van der Waals surface area contributed by atoms with Crippen LogP contribution in [0, 0.1) is 13.8 Å². The molecule has 2 nitrogen and oxygen atoms in total. The Bertz CT molecular complexity index is 412. The number of rotatable bonds is 0. The van der Waals surface area contributed by atoms with E-state index in [0.29, 0.717) is 6.42 Å². The van der Waals surface area contributed by atoms with E-state index < -0.39 is 0 Å². The number of benzene rings is 1. The standard InChI is InChI=1S/C11H12BrNO/c1-6-5-7(2)11-8(10(6)12)3-4-9(14)13-11/h5H,3-4H2,1-2H3,(H,13,14).